The topological polar surface area (TPSA) is 125 Å². The molecule has 0 saturated carbocycles. The van der Waals surface area contributed by atoms with Crippen molar-refractivity contribution in [3.05, 3.63) is 53.2 Å². The quantitative estimate of drug-likeness (QED) is 0.414. The van der Waals surface area contributed by atoms with Crippen LogP contribution in [-0.4, -0.2) is 32.6 Å². The van der Waals surface area contributed by atoms with Crippen LogP contribution in [0.5, 0.6) is 5.75 Å². The Labute approximate surface area is 189 Å². The summed E-state index contributed by atoms with van der Waals surface area (Å²) >= 11 is 0. The molecule has 172 valence electrons. The molecular formula is C23H15F3N4O4. The average Bonchev–Trinajstić information content (AvgIpc) is 3.48. The second-order valence-corrected chi connectivity index (χ2v) is 7.90. The number of aromatic nitrogens is 3. The Morgan fingerprint density at radius 1 is 1.26 bits per heavy atom. The Hall–Kier alpha value is -4.33. The van der Waals surface area contributed by atoms with Crippen molar-refractivity contribution in [3.8, 4) is 34.7 Å². The van der Waals surface area contributed by atoms with Crippen LogP contribution in [0.4, 0.5) is 13.2 Å². The van der Waals surface area contributed by atoms with Gasteiger partial charge in [0.1, 0.15) is 11.8 Å². The number of fused-ring (bicyclic) bond motifs is 3. The van der Waals surface area contributed by atoms with Crippen LogP contribution in [0.3, 0.4) is 0 Å². The van der Waals surface area contributed by atoms with Gasteiger partial charge in [-0.3, -0.25) is 4.79 Å². The molecule has 0 saturated heterocycles. The van der Waals surface area contributed by atoms with E-state index < -0.39 is 18.1 Å². The van der Waals surface area contributed by atoms with Gasteiger partial charge in [-0.15, -0.1) is 13.2 Å². The smallest absolute Gasteiger partial charge is 0.481 e. The fraction of sp³-hybridized carbons (Fsp3) is 0.217. The highest BCUT2D eigenvalue weighted by Gasteiger charge is 2.33. The molecule has 0 bridgehead atoms. The number of aromatic amines is 1. The third-order valence-electron chi connectivity index (χ3n) is 5.77. The van der Waals surface area contributed by atoms with Crippen LogP contribution < -0.4 is 4.74 Å². The average molecular weight is 468 g/mol. The summed E-state index contributed by atoms with van der Waals surface area (Å²) in [5.74, 6) is -1.37. The number of ether oxygens (including phenoxy) is 1. The Kier molecular flexibility index (Phi) is 5.01. The third kappa shape index (κ3) is 3.94. The Bertz CT molecular complexity index is 1470. The van der Waals surface area contributed by atoms with E-state index in [1.807, 2.05) is 12.1 Å². The zero-order valence-electron chi connectivity index (χ0n) is 17.3. The summed E-state index contributed by atoms with van der Waals surface area (Å²) in [6, 6.07) is 10.7. The maximum atomic E-state index is 12.7. The standard InChI is InChI=1S/C23H15F3N4O4/c24-23(25,26)33-18-8-13(1-2-14(18)10-27)22-29-21(30-34-22)12-4-6-17-16(7-12)15-5-3-11(9-19(31)32)20(15)28-17/h1-2,4,6-8,11,28H,3,5,9H2,(H,31,32). The fourth-order valence-electron chi connectivity index (χ4n) is 4.32. The number of hydrogen-bond donors (Lipinski definition) is 2. The molecular weight excluding hydrogens is 453 g/mol. The molecule has 0 fully saturated rings. The normalized spacial score (nSPS) is 15.3. The Balaban J connectivity index is 1.47. The number of nitrogens with one attached hydrogen (secondary N) is 1. The lowest BCUT2D eigenvalue weighted by atomic mass is 10.0. The molecule has 11 heteroatoms. The molecule has 0 spiro atoms. The van der Waals surface area contributed by atoms with Crippen molar-refractivity contribution in [2.75, 3.05) is 0 Å². The van der Waals surface area contributed by atoms with Crippen molar-refractivity contribution in [2.45, 2.75) is 31.5 Å². The van der Waals surface area contributed by atoms with Crippen molar-refractivity contribution < 1.29 is 32.3 Å². The summed E-state index contributed by atoms with van der Waals surface area (Å²) in [5, 5.41) is 23.1. The maximum absolute atomic E-state index is 12.7. The van der Waals surface area contributed by atoms with E-state index in [0.717, 1.165) is 41.1 Å². The summed E-state index contributed by atoms with van der Waals surface area (Å²) < 4.78 is 47.3. The molecule has 1 atom stereocenters. The second kappa shape index (κ2) is 7.91. The highest BCUT2D eigenvalue weighted by molar-refractivity contribution is 5.89. The van der Waals surface area contributed by atoms with E-state index in [9.17, 15) is 18.0 Å². The van der Waals surface area contributed by atoms with E-state index in [0.29, 0.717) is 5.56 Å². The highest BCUT2D eigenvalue weighted by atomic mass is 19.4. The van der Waals surface area contributed by atoms with Crippen LogP contribution in [0.2, 0.25) is 0 Å². The number of hydrogen-bond acceptors (Lipinski definition) is 6. The molecule has 1 aliphatic rings. The number of rotatable bonds is 5. The number of aryl methyl sites for hydroxylation is 1. The van der Waals surface area contributed by atoms with Crippen LogP contribution in [0.25, 0.3) is 33.7 Å². The molecule has 2 aromatic carbocycles. The lowest BCUT2D eigenvalue weighted by Gasteiger charge is -2.10. The molecule has 2 heterocycles. The molecule has 0 radical (unpaired) electrons. The third-order valence-corrected chi connectivity index (χ3v) is 5.77. The van der Waals surface area contributed by atoms with Crippen molar-refractivity contribution in [3.63, 3.8) is 0 Å². The van der Waals surface area contributed by atoms with Gasteiger partial charge in [0.15, 0.2) is 0 Å². The van der Waals surface area contributed by atoms with E-state index in [1.54, 1.807) is 12.1 Å². The van der Waals surface area contributed by atoms with Gasteiger partial charge in [0.25, 0.3) is 5.89 Å². The number of benzene rings is 2. The number of nitrogens with zero attached hydrogens (tertiary/aromatic N) is 3. The predicted octanol–water partition coefficient (Wildman–Crippen LogP) is 5.16. The molecule has 0 aliphatic heterocycles. The van der Waals surface area contributed by atoms with E-state index in [-0.39, 0.29) is 35.2 Å². The zero-order chi connectivity index (χ0) is 24.0. The van der Waals surface area contributed by atoms with E-state index in [1.165, 1.54) is 12.1 Å². The van der Waals surface area contributed by atoms with Crippen molar-refractivity contribution in [1.82, 2.24) is 15.1 Å². The minimum atomic E-state index is -4.96. The second-order valence-electron chi connectivity index (χ2n) is 7.90. The number of alkyl halides is 3. The van der Waals surface area contributed by atoms with Crippen LogP contribution in [0, 0.1) is 11.3 Å². The summed E-state index contributed by atoms with van der Waals surface area (Å²) in [7, 11) is 0. The number of H-pyrrole nitrogens is 1. The van der Waals surface area contributed by atoms with Gasteiger partial charge < -0.3 is 19.4 Å². The SMILES string of the molecule is N#Cc1ccc(-c2nc(-c3ccc4[nH]c5c(c4c3)CCC5CC(=O)O)no2)cc1OC(F)(F)F. The van der Waals surface area contributed by atoms with Crippen LogP contribution in [0.1, 0.15) is 35.6 Å². The zero-order valence-corrected chi connectivity index (χ0v) is 17.3. The number of carbonyl (C=O) groups is 1. The predicted molar refractivity (Wildman–Crippen MR) is 112 cm³/mol. The molecule has 34 heavy (non-hydrogen) atoms. The van der Waals surface area contributed by atoms with Gasteiger partial charge in [0, 0.05) is 33.6 Å². The minimum absolute atomic E-state index is 0.0348. The van der Waals surface area contributed by atoms with E-state index >= 15 is 0 Å². The molecule has 8 nitrogen and oxygen atoms in total. The molecule has 1 aliphatic carbocycles. The molecule has 5 rings (SSSR count). The molecule has 0 amide bonds. The van der Waals surface area contributed by atoms with Gasteiger partial charge in [-0.2, -0.15) is 10.2 Å². The summed E-state index contributed by atoms with van der Waals surface area (Å²) in [5.41, 5.74) is 3.37. The lowest BCUT2D eigenvalue weighted by Crippen LogP contribution is -2.17. The van der Waals surface area contributed by atoms with Crippen molar-refractivity contribution in [2.24, 2.45) is 0 Å². The first-order valence-electron chi connectivity index (χ1n) is 10.2. The summed E-state index contributed by atoms with van der Waals surface area (Å²) in [6.07, 6.45) is -3.39. The number of nitriles is 1. The lowest BCUT2D eigenvalue weighted by molar-refractivity contribution is -0.274. The fourth-order valence-corrected chi connectivity index (χ4v) is 4.32. The minimum Gasteiger partial charge on any atom is -0.481 e. The Morgan fingerprint density at radius 2 is 2.06 bits per heavy atom. The maximum Gasteiger partial charge on any atom is 0.573 e. The van der Waals surface area contributed by atoms with Gasteiger partial charge in [-0.25, -0.2) is 0 Å². The number of halogens is 3. The number of carboxylic acid groups (broad SMARTS) is 1. The van der Waals surface area contributed by atoms with Gasteiger partial charge in [-0.05, 0) is 54.8 Å². The van der Waals surface area contributed by atoms with Crippen molar-refractivity contribution >= 4 is 16.9 Å². The Morgan fingerprint density at radius 3 is 2.79 bits per heavy atom. The van der Waals surface area contributed by atoms with Gasteiger partial charge in [-0.1, -0.05) is 5.16 Å². The number of carboxylic acids is 1. The summed E-state index contributed by atoms with van der Waals surface area (Å²) in [6.45, 7) is 0. The largest absolute Gasteiger partial charge is 0.573 e. The van der Waals surface area contributed by atoms with Gasteiger partial charge in [0.2, 0.25) is 5.82 Å². The van der Waals surface area contributed by atoms with Crippen molar-refractivity contribution in [1.29, 1.82) is 5.26 Å². The first-order chi connectivity index (χ1) is 16.2. The van der Waals surface area contributed by atoms with Gasteiger partial charge in [0.05, 0.1) is 12.0 Å². The molecule has 4 aromatic rings. The van der Waals surface area contributed by atoms with Crippen LogP contribution >= 0.6 is 0 Å². The van der Waals surface area contributed by atoms with E-state index in [4.69, 9.17) is 14.9 Å². The molecule has 2 aromatic heterocycles. The molecule has 2 N–H and O–H groups in total. The first kappa shape index (κ1) is 21.5. The summed E-state index contributed by atoms with van der Waals surface area (Å²) in [4.78, 5) is 18.8. The monoisotopic (exact) mass is 468 g/mol. The highest BCUT2D eigenvalue weighted by Crippen LogP contribution is 2.40. The molecule has 1 unspecified atom stereocenters. The van der Waals surface area contributed by atoms with Crippen LogP contribution in [0.15, 0.2) is 40.9 Å². The number of aliphatic carboxylic acids is 1. The van der Waals surface area contributed by atoms with Gasteiger partial charge >= 0.3 is 12.3 Å². The van der Waals surface area contributed by atoms with E-state index in [2.05, 4.69) is 19.9 Å². The van der Waals surface area contributed by atoms with Crippen LogP contribution in [-0.2, 0) is 11.2 Å². The first-order valence-corrected chi connectivity index (χ1v) is 10.2.